The molecule has 0 unspecified atom stereocenters. The topological polar surface area (TPSA) is 98.8 Å². The molecule has 1 N–H and O–H groups in total. The van der Waals surface area contributed by atoms with E-state index in [1.165, 1.54) is 42.7 Å². The molecule has 9 heteroatoms. The molecule has 0 bridgehead atoms. The van der Waals surface area contributed by atoms with E-state index < -0.39 is 27.5 Å². The number of esters is 1. The molecule has 0 saturated heterocycles. The Morgan fingerprint density at radius 3 is 2.54 bits per heavy atom. The molecule has 0 aliphatic heterocycles. The number of rotatable bonds is 7. The van der Waals surface area contributed by atoms with Gasteiger partial charge < -0.3 is 14.8 Å². The number of benzene rings is 1. The van der Waals surface area contributed by atoms with E-state index in [1.807, 2.05) is 0 Å². The summed E-state index contributed by atoms with van der Waals surface area (Å²) in [4.78, 5) is 25.8. The Morgan fingerprint density at radius 1 is 1.18 bits per heavy atom. The lowest BCUT2D eigenvalue weighted by molar-refractivity contribution is -0.113. The molecule has 28 heavy (non-hydrogen) atoms. The lowest BCUT2D eigenvalue weighted by Gasteiger charge is -2.09. The van der Waals surface area contributed by atoms with Crippen LogP contribution in [0.5, 0.6) is 5.75 Å². The van der Waals surface area contributed by atoms with Crippen LogP contribution in [-0.4, -0.2) is 39.8 Å². The lowest BCUT2D eigenvalue weighted by atomic mass is 10.1. The first-order chi connectivity index (χ1) is 13.4. The minimum Gasteiger partial charge on any atom is -0.497 e. The molecule has 1 amide bonds. The molecule has 1 heterocycles. The van der Waals surface area contributed by atoms with Crippen LogP contribution in [0.1, 0.15) is 34.1 Å². The predicted octanol–water partition coefficient (Wildman–Crippen LogP) is 2.83. The number of anilines is 1. The van der Waals surface area contributed by atoms with Gasteiger partial charge in [-0.25, -0.2) is 13.2 Å². The number of methoxy groups -OCH3 is 1. The van der Waals surface area contributed by atoms with Crippen molar-refractivity contribution in [3.63, 3.8) is 0 Å². The van der Waals surface area contributed by atoms with Crippen molar-refractivity contribution in [3.8, 4) is 5.75 Å². The molecule has 0 radical (unpaired) electrons. The summed E-state index contributed by atoms with van der Waals surface area (Å²) in [6, 6.07) is 5.83. The first-order valence-corrected chi connectivity index (χ1v) is 11.3. The summed E-state index contributed by atoms with van der Waals surface area (Å²) in [6.45, 7) is 1.94. The van der Waals surface area contributed by atoms with Gasteiger partial charge in [-0.3, -0.25) is 4.79 Å². The summed E-state index contributed by atoms with van der Waals surface area (Å²) < 4.78 is 35.1. The molecular formula is C19H21NO6S2. The van der Waals surface area contributed by atoms with Crippen LogP contribution in [0.2, 0.25) is 0 Å². The summed E-state index contributed by atoms with van der Waals surface area (Å²) in [5, 5.41) is 2.96. The van der Waals surface area contributed by atoms with Crippen molar-refractivity contribution in [1.82, 2.24) is 0 Å². The second kappa shape index (κ2) is 8.32. The van der Waals surface area contributed by atoms with Gasteiger partial charge in [0.05, 0.1) is 24.2 Å². The van der Waals surface area contributed by atoms with Gasteiger partial charge in [0.25, 0.3) is 0 Å². The number of aryl methyl sites for hydroxylation is 1. The first kappa shape index (κ1) is 20.3. The van der Waals surface area contributed by atoms with E-state index in [4.69, 9.17) is 9.47 Å². The molecule has 1 aliphatic carbocycles. The van der Waals surface area contributed by atoms with Gasteiger partial charge in [-0.2, -0.15) is 0 Å². The van der Waals surface area contributed by atoms with Crippen molar-refractivity contribution in [2.45, 2.75) is 31.1 Å². The highest BCUT2D eigenvalue weighted by molar-refractivity contribution is 7.92. The SMILES string of the molecule is CCOC(=O)c1c(NC(=O)CS(=O)(=O)c2ccc(OC)cc2)sc2c1CCC2. The zero-order chi connectivity index (χ0) is 20.3. The van der Waals surface area contributed by atoms with E-state index in [0.29, 0.717) is 16.3 Å². The fourth-order valence-electron chi connectivity index (χ4n) is 3.11. The Bertz CT molecular complexity index is 992. The lowest BCUT2D eigenvalue weighted by Crippen LogP contribution is -2.23. The number of sulfone groups is 1. The zero-order valence-corrected chi connectivity index (χ0v) is 17.2. The molecule has 150 valence electrons. The van der Waals surface area contributed by atoms with Gasteiger partial charge >= 0.3 is 5.97 Å². The Hall–Kier alpha value is -2.39. The summed E-state index contributed by atoms with van der Waals surface area (Å²) in [5.74, 6) is -1.38. The number of ether oxygens (including phenoxy) is 2. The largest absolute Gasteiger partial charge is 0.497 e. The number of nitrogens with one attached hydrogen (secondary N) is 1. The number of amides is 1. The monoisotopic (exact) mass is 423 g/mol. The van der Waals surface area contributed by atoms with Crippen LogP contribution < -0.4 is 10.1 Å². The third-order valence-corrected chi connectivity index (χ3v) is 7.23. The molecule has 0 saturated carbocycles. The van der Waals surface area contributed by atoms with E-state index in [1.54, 1.807) is 6.92 Å². The van der Waals surface area contributed by atoms with Crippen molar-refractivity contribution >= 4 is 38.1 Å². The van der Waals surface area contributed by atoms with E-state index in [2.05, 4.69) is 5.32 Å². The number of fused-ring (bicyclic) bond motifs is 1. The fourth-order valence-corrected chi connectivity index (χ4v) is 5.54. The molecular weight excluding hydrogens is 402 g/mol. The highest BCUT2D eigenvalue weighted by Crippen LogP contribution is 2.39. The van der Waals surface area contributed by atoms with Crippen LogP contribution in [0, 0.1) is 0 Å². The molecule has 0 fully saturated rings. The normalized spacial score (nSPS) is 13.1. The predicted molar refractivity (Wildman–Crippen MR) is 106 cm³/mol. The maximum atomic E-state index is 12.5. The molecule has 2 aromatic rings. The van der Waals surface area contributed by atoms with Crippen LogP contribution in [0.25, 0.3) is 0 Å². The van der Waals surface area contributed by atoms with Gasteiger partial charge in [-0.15, -0.1) is 11.3 Å². The quantitative estimate of drug-likeness (QED) is 0.688. The second-order valence-electron chi connectivity index (χ2n) is 6.26. The van der Waals surface area contributed by atoms with Crippen molar-refractivity contribution in [2.24, 2.45) is 0 Å². The summed E-state index contributed by atoms with van der Waals surface area (Å²) in [6.07, 6.45) is 2.54. The van der Waals surface area contributed by atoms with Gasteiger partial charge in [0.1, 0.15) is 16.5 Å². The summed E-state index contributed by atoms with van der Waals surface area (Å²) in [5.41, 5.74) is 1.26. The van der Waals surface area contributed by atoms with E-state index >= 15 is 0 Å². The van der Waals surface area contributed by atoms with Crippen LogP contribution >= 0.6 is 11.3 Å². The molecule has 0 atom stereocenters. The average molecular weight is 424 g/mol. The molecule has 3 rings (SSSR count). The van der Waals surface area contributed by atoms with Gasteiger partial charge in [-0.05, 0) is 56.0 Å². The number of hydrogen-bond acceptors (Lipinski definition) is 7. The van der Waals surface area contributed by atoms with Crippen molar-refractivity contribution in [1.29, 1.82) is 0 Å². The van der Waals surface area contributed by atoms with Crippen molar-refractivity contribution in [2.75, 3.05) is 24.8 Å². The molecule has 1 aromatic carbocycles. The smallest absolute Gasteiger partial charge is 0.341 e. The van der Waals surface area contributed by atoms with Crippen molar-refractivity contribution in [3.05, 3.63) is 40.3 Å². The molecule has 0 spiro atoms. The summed E-state index contributed by atoms with van der Waals surface area (Å²) >= 11 is 1.31. The Balaban J connectivity index is 1.78. The second-order valence-corrected chi connectivity index (χ2v) is 9.36. The van der Waals surface area contributed by atoms with Crippen molar-refractivity contribution < 1.29 is 27.5 Å². The van der Waals surface area contributed by atoms with E-state index in [-0.39, 0.29) is 11.5 Å². The third-order valence-electron chi connectivity index (χ3n) is 4.39. The maximum Gasteiger partial charge on any atom is 0.341 e. The number of carbonyl (C=O) groups excluding carboxylic acids is 2. The van der Waals surface area contributed by atoms with Crippen LogP contribution in [0.3, 0.4) is 0 Å². The summed E-state index contributed by atoms with van der Waals surface area (Å²) in [7, 11) is -2.34. The number of carbonyl (C=O) groups is 2. The molecule has 1 aromatic heterocycles. The van der Waals surface area contributed by atoms with Crippen LogP contribution in [-0.2, 0) is 32.2 Å². The number of hydrogen-bond donors (Lipinski definition) is 1. The Kier molecular flexibility index (Phi) is 6.04. The molecule has 1 aliphatic rings. The fraction of sp³-hybridized carbons (Fsp3) is 0.368. The Morgan fingerprint density at radius 2 is 1.89 bits per heavy atom. The van der Waals surface area contributed by atoms with Gasteiger partial charge in [-0.1, -0.05) is 0 Å². The highest BCUT2D eigenvalue weighted by Gasteiger charge is 2.29. The van der Waals surface area contributed by atoms with Gasteiger partial charge in [0.2, 0.25) is 5.91 Å². The zero-order valence-electron chi connectivity index (χ0n) is 15.6. The standard InChI is InChI=1S/C19H21NO6S2/c1-3-26-19(22)17-14-5-4-6-15(14)27-18(17)20-16(21)11-28(23,24)13-9-7-12(25-2)8-10-13/h7-10H,3-6,11H2,1-2H3,(H,20,21). The van der Waals surface area contributed by atoms with Gasteiger partial charge in [0.15, 0.2) is 9.84 Å². The Labute approximate surface area is 167 Å². The number of thiophene rings is 1. The van der Waals surface area contributed by atoms with Crippen LogP contribution in [0.15, 0.2) is 29.2 Å². The third kappa shape index (κ3) is 4.20. The average Bonchev–Trinajstić information content (AvgIpc) is 3.22. The highest BCUT2D eigenvalue weighted by atomic mass is 32.2. The molecule has 7 nitrogen and oxygen atoms in total. The van der Waals surface area contributed by atoms with E-state index in [0.717, 1.165) is 29.7 Å². The minimum absolute atomic E-state index is 0.0303. The van der Waals surface area contributed by atoms with Crippen LogP contribution in [0.4, 0.5) is 5.00 Å². The van der Waals surface area contributed by atoms with E-state index in [9.17, 15) is 18.0 Å². The maximum absolute atomic E-state index is 12.5. The first-order valence-electron chi connectivity index (χ1n) is 8.84. The minimum atomic E-state index is -3.82. The van der Waals surface area contributed by atoms with Gasteiger partial charge in [0, 0.05) is 4.88 Å².